The SMILES string of the molecule is Cc1cccc2ccnc(N(C(=O)c3ccc(-c4cnccn4)cc3)[C@@H]3CCCNC3)c12. The van der Waals surface area contributed by atoms with Gasteiger partial charge in [0.05, 0.1) is 17.9 Å². The van der Waals surface area contributed by atoms with Crippen LogP contribution in [0.3, 0.4) is 0 Å². The molecule has 32 heavy (non-hydrogen) atoms. The Balaban J connectivity index is 1.57. The van der Waals surface area contributed by atoms with E-state index in [1.54, 1.807) is 24.8 Å². The van der Waals surface area contributed by atoms with Crippen LogP contribution in [0, 0.1) is 6.92 Å². The number of carbonyl (C=O) groups excluding carboxylic acids is 1. The smallest absolute Gasteiger partial charge is 0.259 e. The minimum absolute atomic E-state index is 0.0346. The molecular weight excluding hydrogens is 398 g/mol. The van der Waals surface area contributed by atoms with Crippen LogP contribution in [0.25, 0.3) is 22.0 Å². The number of pyridine rings is 1. The lowest BCUT2D eigenvalue weighted by molar-refractivity contribution is 0.0972. The predicted molar refractivity (Wildman–Crippen MR) is 127 cm³/mol. The Morgan fingerprint density at radius 3 is 2.66 bits per heavy atom. The fourth-order valence-corrected chi connectivity index (χ4v) is 4.43. The van der Waals surface area contributed by atoms with Gasteiger partial charge in [-0.05, 0) is 55.5 Å². The van der Waals surface area contributed by atoms with E-state index in [1.807, 2.05) is 41.3 Å². The largest absolute Gasteiger partial charge is 0.315 e. The zero-order valence-electron chi connectivity index (χ0n) is 18.0. The van der Waals surface area contributed by atoms with E-state index >= 15 is 0 Å². The first-order valence-corrected chi connectivity index (χ1v) is 11.0. The van der Waals surface area contributed by atoms with Gasteiger partial charge in [0.15, 0.2) is 0 Å². The molecule has 1 saturated heterocycles. The monoisotopic (exact) mass is 423 g/mol. The van der Waals surface area contributed by atoms with E-state index in [0.29, 0.717) is 5.56 Å². The average Bonchev–Trinajstić information content (AvgIpc) is 2.86. The highest BCUT2D eigenvalue weighted by Crippen LogP contribution is 2.31. The summed E-state index contributed by atoms with van der Waals surface area (Å²) in [6.07, 6.45) is 8.81. The Bertz CT molecular complexity index is 1230. The van der Waals surface area contributed by atoms with Crippen molar-refractivity contribution >= 4 is 22.5 Å². The number of amides is 1. The Morgan fingerprint density at radius 2 is 1.91 bits per heavy atom. The molecule has 0 radical (unpaired) electrons. The summed E-state index contributed by atoms with van der Waals surface area (Å²) in [5.41, 5.74) is 3.46. The summed E-state index contributed by atoms with van der Waals surface area (Å²) < 4.78 is 0. The van der Waals surface area contributed by atoms with Crippen molar-refractivity contribution in [2.24, 2.45) is 0 Å². The number of aryl methyl sites for hydroxylation is 1. The van der Waals surface area contributed by atoms with E-state index in [4.69, 9.17) is 4.98 Å². The minimum atomic E-state index is -0.0346. The fraction of sp³-hybridized carbons (Fsp3) is 0.231. The van der Waals surface area contributed by atoms with Gasteiger partial charge in [0.2, 0.25) is 0 Å². The standard InChI is InChI=1S/C26H25N5O/c1-18-4-2-5-20-11-13-30-25(24(18)20)31(22-6-3-12-27-16-22)26(32)21-9-7-19(8-10-21)23-17-28-14-15-29-23/h2,4-5,7-11,13-15,17,22,27H,3,6,12,16H2,1H3/t22-/m1/s1. The molecule has 1 N–H and O–H groups in total. The number of piperidine rings is 1. The summed E-state index contributed by atoms with van der Waals surface area (Å²) in [6.45, 7) is 3.81. The second kappa shape index (κ2) is 8.85. The molecule has 0 unspecified atom stereocenters. The van der Waals surface area contributed by atoms with Crippen LogP contribution in [-0.2, 0) is 0 Å². The molecular formula is C26H25N5O. The molecule has 1 atom stereocenters. The van der Waals surface area contributed by atoms with Crippen LogP contribution >= 0.6 is 0 Å². The van der Waals surface area contributed by atoms with Gasteiger partial charge in [-0.15, -0.1) is 0 Å². The van der Waals surface area contributed by atoms with Crippen LogP contribution in [0.5, 0.6) is 0 Å². The van der Waals surface area contributed by atoms with Gasteiger partial charge < -0.3 is 5.32 Å². The molecule has 4 aromatic rings. The normalized spacial score (nSPS) is 16.1. The van der Waals surface area contributed by atoms with Crippen molar-refractivity contribution < 1.29 is 4.79 Å². The molecule has 160 valence electrons. The molecule has 1 fully saturated rings. The first kappa shape index (κ1) is 20.3. The molecule has 1 amide bonds. The molecule has 6 heteroatoms. The van der Waals surface area contributed by atoms with Crippen molar-refractivity contribution in [2.45, 2.75) is 25.8 Å². The van der Waals surface area contributed by atoms with E-state index in [1.165, 1.54) is 0 Å². The first-order chi connectivity index (χ1) is 15.7. The highest BCUT2D eigenvalue weighted by atomic mass is 16.2. The van der Waals surface area contributed by atoms with Crippen molar-refractivity contribution in [3.05, 3.63) is 84.4 Å². The maximum atomic E-state index is 13.9. The third-order valence-electron chi connectivity index (χ3n) is 6.05. The third-order valence-corrected chi connectivity index (χ3v) is 6.05. The second-order valence-corrected chi connectivity index (χ2v) is 8.15. The van der Waals surface area contributed by atoms with Crippen molar-refractivity contribution in [1.29, 1.82) is 0 Å². The van der Waals surface area contributed by atoms with Crippen LogP contribution in [0.4, 0.5) is 5.82 Å². The van der Waals surface area contributed by atoms with Gasteiger partial charge in [-0.2, -0.15) is 0 Å². The average molecular weight is 424 g/mol. The molecule has 0 saturated carbocycles. The number of nitrogens with one attached hydrogen (secondary N) is 1. The van der Waals surface area contributed by atoms with Gasteiger partial charge in [-0.25, -0.2) is 4.98 Å². The summed E-state index contributed by atoms with van der Waals surface area (Å²) in [7, 11) is 0. The van der Waals surface area contributed by atoms with Crippen molar-refractivity contribution in [2.75, 3.05) is 18.0 Å². The van der Waals surface area contributed by atoms with Crippen molar-refractivity contribution in [3.8, 4) is 11.3 Å². The lowest BCUT2D eigenvalue weighted by Crippen LogP contribution is -2.49. The number of aromatic nitrogens is 3. The molecule has 0 spiro atoms. The fourth-order valence-electron chi connectivity index (χ4n) is 4.43. The molecule has 2 aromatic carbocycles. The lowest BCUT2D eigenvalue weighted by Gasteiger charge is -2.35. The molecule has 3 heterocycles. The van der Waals surface area contributed by atoms with E-state index in [2.05, 4.69) is 34.3 Å². The third kappa shape index (κ3) is 3.85. The second-order valence-electron chi connectivity index (χ2n) is 8.15. The highest BCUT2D eigenvalue weighted by Gasteiger charge is 2.30. The summed E-state index contributed by atoms with van der Waals surface area (Å²) in [5.74, 6) is 0.699. The number of hydrogen-bond donors (Lipinski definition) is 1. The Hall–Kier alpha value is -3.64. The lowest BCUT2D eigenvalue weighted by atomic mass is 10.0. The van der Waals surface area contributed by atoms with Gasteiger partial charge in [0, 0.05) is 41.6 Å². The maximum Gasteiger partial charge on any atom is 0.259 e. The zero-order chi connectivity index (χ0) is 21.9. The summed E-state index contributed by atoms with van der Waals surface area (Å²) in [4.78, 5) is 29.0. The molecule has 1 aliphatic heterocycles. The van der Waals surface area contributed by atoms with Crippen LogP contribution < -0.4 is 10.2 Å². The number of carbonyl (C=O) groups is 1. The van der Waals surface area contributed by atoms with Crippen molar-refractivity contribution in [3.63, 3.8) is 0 Å². The number of anilines is 1. The molecule has 0 aliphatic carbocycles. The molecule has 6 nitrogen and oxygen atoms in total. The van der Waals surface area contributed by atoms with E-state index in [0.717, 1.165) is 59.3 Å². The Labute approximate surface area is 187 Å². The van der Waals surface area contributed by atoms with E-state index in [9.17, 15) is 4.79 Å². The zero-order valence-corrected chi connectivity index (χ0v) is 18.0. The van der Waals surface area contributed by atoms with Crippen LogP contribution in [0.15, 0.2) is 73.3 Å². The Kier molecular flexibility index (Phi) is 5.60. The highest BCUT2D eigenvalue weighted by molar-refractivity contribution is 6.10. The van der Waals surface area contributed by atoms with Gasteiger partial charge in [0.25, 0.3) is 5.91 Å². The quantitative estimate of drug-likeness (QED) is 0.527. The maximum absolute atomic E-state index is 13.9. The van der Waals surface area contributed by atoms with Crippen molar-refractivity contribution in [1.82, 2.24) is 20.3 Å². The van der Waals surface area contributed by atoms with Crippen LogP contribution in [-0.4, -0.2) is 40.0 Å². The van der Waals surface area contributed by atoms with Crippen LogP contribution in [0.2, 0.25) is 0 Å². The number of hydrogen-bond acceptors (Lipinski definition) is 5. The summed E-state index contributed by atoms with van der Waals surface area (Å²) in [6, 6.07) is 15.8. The minimum Gasteiger partial charge on any atom is -0.315 e. The predicted octanol–water partition coefficient (Wildman–Crippen LogP) is 4.40. The van der Waals surface area contributed by atoms with Gasteiger partial charge in [-0.3, -0.25) is 19.7 Å². The molecule has 1 aliphatic rings. The van der Waals surface area contributed by atoms with E-state index in [-0.39, 0.29) is 11.9 Å². The van der Waals surface area contributed by atoms with Gasteiger partial charge in [0.1, 0.15) is 5.82 Å². The number of nitrogens with zero attached hydrogens (tertiary/aromatic N) is 4. The number of rotatable bonds is 4. The van der Waals surface area contributed by atoms with E-state index < -0.39 is 0 Å². The number of fused-ring (bicyclic) bond motifs is 1. The summed E-state index contributed by atoms with van der Waals surface area (Å²) in [5, 5.41) is 5.57. The Morgan fingerprint density at radius 1 is 1.03 bits per heavy atom. The summed E-state index contributed by atoms with van der Waals surface area (Å²) >= 11 is 0. The topological polar surface area (TPSA) is 71.0 Å². The van der Waals surface area contributed by atoms with Gasteiger partial charge >= 0.3 is 0 Å². The molecule has 5 rings (SSSR count). The molecule has 0 bridgehead atoms. The first-order valence-electron chi connectivity index (χ1n) is 11.0. The molecule has 2 aromatic heterocycles. The van der Waals surface area contributed by atoms with Gasteiger partial charge in [-0.1, -0.05) is 30.3 Å². The van der Waals surface area contributed by atoms with Crippen LogP contribution in [0.1, 0.15) is 28.8 Å². The number of benzene rings is 2.